The molecular weight excluding hydrogens is 296 g/mol. The number of aryl methyl sites for hydroxylation is 2. The lowest BCUT2D eigenvalue weighted by atomic mass is 10.1. The van der Waals surface area contributed by atoms with Crippen molar-refractivity contribution in [2.75, 3.05) is 23.8 Å². The van der Waals surface area contributed by atoms with Crippen LogP contribution in [-0.2, 0) is 4.79 Å². The number of halogens is 1. The molecule has 0 heterocycles. The van der Waals surface area contributed by atoms with Crippen LogP contribution in [0.2, 0.25) is 5.02 Å². The van der Waals surface area contributed by atoms with Crippen LogP contribution in [0.25, 0.3) is 0 Å². The second kappa shape index (κ2) is 7.32. The number of rotatable bonds is 5. The first kappa shape index (κ1) is 16.4. The van der Waals surface area contributed by atoms with E-state index >= 15 is 0 Å². The van der Waals surface area contributed by atoms with Gasteiger partial charge in [0.15, 0.2) is 0 Å². The lowest BCUT2D eigenvalue weighted by molar-refractivity contribution is -0.118. The zero-order valence-electron chi connectivity index (χ0n) is 13.2. The highest BCUT2D eigenvalue weighted by Crippen LogP contribution is 2.27. The van der Waals surface area contributed by atoms with E-state index in [4.69, 9.17) is 11.6 Å². The van der Waals surface area contributed by atoms with E-state index in [-0.39, 0.29) is 5.91 Å². The molecule has 0 spiro atoms. The van der Waals surface area contributed by atoms with Crippen LogP contribution in [-0.4, -0.2) is 19.5 Å². The van der Waals surface area contributed by atoms with Gasteiger partial charge >= 0.3 is 0 Å². The molecule has 1 amide bonds. The molecule has 2 aromatic carbocycles. The van der Waals surface area contributed by atoms with Crippen LogP contribution in [0, 0.1) is 13.8 Å². The second-order valence-corrected chi connectivity index (χ2v) is 5.81. The van der Waals surface area contributed by atoms with Crippen LogP contribution in [0.5, 0.6) is 0 Å². The zero-order chi connectivity index (χ0) is 16.1. The first-order valence-electron chi connectivity index (χ1n) is 7.31. The molecule has 0 saturated heterocycles. The van der Waals surface area contributed by atoms with Gasteiger partial charge in [-0.1, -0.05) is 35.9 Å². The van der Waals surface area contributed by atoms with Crippen molar-refractivity contribution in [3.05, 3.63) is 58.6 Å². The fourth-order valence-electron chi connectivity index (χ4n) is 2.40. The number of nitrogens with zero attached hydrogens (tertiary/aromatic N) is 1. The molecule has 0 bridgehead atoms. The maximum absolute atomic E-state index is 12.2. The molecule has 0 aliphatic rings. The first-order valence-corrected chi connectivity index (χ1v) is 7.69. The molecule has 22 heavy (non-hydrogen) atoms. The van der Waals surface area contributed by atoms with Crippen molar-refractivity contribution in [2.45, 2.75) is 20.3 Å². The highest BCUT2D eigenvalue weighted by atomic mass is 35.5. The van der Waals surface area contributed by atoms with Gasteiger partial charge in [-0.3, -0.25) is 4.79 Å². The molecule has 2 rings (SSSR count). The molecule has 0 unspecified atom stereocenters. The summed E-state index contributed by atoms with van der Waals surface area (Å²) in [6.45, 7) is 4.58. The van der Waals surface area contributed by atoms with E-state index in [1.807, 2.05) is 50.2 Å². The van der Waals surface area contributed by atoms with Crippen LogP contribution in [0.3, 0.4) is 0 Å². The SMILES string of the molecule is Cc1cc(C)c(NCCC(=O)N(C)c2ccccc2)c(Cl)c1. The molecule has 116 valence electrons. The lowest BCUT2D eigenvalue weighted by Crippen LogP contribution is -2.27. The largest absolute Gasteiger partial charge is 0.383 e. The zero-order valence-corrected chi connectivity index (χ0v) is 13.9. The van der Waals surface area contributed by atoms with E-state index in [1.165, 1.54) is 0 Å². The van der Waals surface area contributed by atoms with Crippen molar-refractivity contribution in [3.63, 3.8) is 0 Å². The summed E-state index contributed by atoms with van der Waals surface area (Å²) in [4.78, 5) is 13.9. The van der Waals surface area contributed by atoms with Crippen LogP contribution in [0.15, 0.2) is 42.5 Å². The number of nitrogens with one attached hydrogen (secondary N) is 1. The Kier molecular flexibility index (Phi) is 5.45. The van der Waals surface area contributed by atoms with E-state index in [2.05, 4.69) is 11.4 Å². The summed E-state index contributed by atoms with van der Waals surface area (Å²) in [5.41, 5.74) is 4.03. The summed E-state index contributed by atoms with van der Waals surface area (Å²) in [5.74, 6) is 0.0691. The number of amides is 1. The van der Waals surface area contributed by atoms with Gasteiger partial charge in [-0.15, -0.1) is 0 Å². The van der Waals surface area contributed by atoms with Crippen LogP contribution >= 0.6 is 11.6 Å². The van der Waals surface area contributed by atoms with Crippen LogP contribution in [0.1, 0.15) is 17.5 Å². The minimum Gasteiger partial charge on any atom is -0.383 e. The highest BCUT2D eigenvalue weighted by Gasteiger charge is 2.11. The predicted octanol–water partition coefficient (Wildman–Crippen LogP) is 4.42. The average molecular weight is 317 g/mol. The van der Waals surface area contributed by atoms with Gasteiger partial charge in [0.25, 0.3) is 0 Å². The van der Waals surface area contributed by atoms with E-state index in [9.17, 15) is 4.79 Å². The van der Waals surface area contributed by atoms with Gasteiger partial charge in [-0.05, 0) is 43.2 Å². The maximum atomic E-state index is 12.2. The molecule has 0 radical (unpaired) electrons. The number of hydrogen-bond acceptors (Lipinski definition) is 2. The Labute approximate surface area is 136 Å². The average Bonchev–Trinajstić information content (AvgIpc) is 2.49. The lowest BCUT2D eigenvalue weighted by Gasteiger charge is -2.18. The minimum atomic E-state index is 0.0691. The van der Waals surface area contributed by atoms with Crippen molar-refractivity contribution in [3.8, 4) is 0 Å². The van der Waals surface area contributed by atoms with E-state index in [1.54, 1.807) is 11.9 Å². The normalized spacial score (nSPS) is 10.4. The summed E-state index contributed by atoms with van der Waals surface area (Å²) in [6.07, 6.45) is 0.412. The van der Waals surface area contributed by atoms with Crippen molar-refractivity contribution < 1.29 is 4.79 Å². The summed E-state index contributed by atoms with van der Waals surface area (Å²) < 4.78 is 0. The fourth-order valence-corrected chi connectivity index (χ4v) is 2.79. The first-order chi connectivity index (χ1) is 10.5. The monoisotopic (exact) mass is 316 g/mol. The Morgan fingerprint density at radius 2 is 1.86 bits per heavy atom. The van der Waals surface area contributed by atoms with Gasteiger partial charge in [-0.25, -0.2) is 0 Å². The van der Waals surface area contributed by atoms with Crippen LogP contribution in [0.4, 0.5) is 11.4 Å². The summed E-state index contributed by atoms with van der Waals surface area (Å²) in [5, 5.41) is 3.96. The molecule has 0 saturated carbocycles. The molecule has 4 heteroatoms. The number of anilines is 2. The summed E-state index contributed by atoms with van der Waals surface area (Å²) >= 11 is 6.25. The summed E-state index contributed by atoms with van der Waals surface area (Å²) in [6, 6.07) is 13.6. The van der Waals surface area contributed by atoms with Crippen molar-refractivity contribution in [2.24, 2.45) is 0 Å². The third-order valence-corrected chi connectivity index (χ3v) is 3.89. The molecule has 0 fully saturated rings. The Morgan fingerprint density at radius 1 is 1.18 bits per heavy atom. The molecular formula is C18H21ClN2O. The van der Waals surface area contributed by atoms with Gasteiger partial charge in [0.05, 0.1) is 10.7 Å². The minimum absolute atomic E-state index is 0.0691. The standard InChI is InChI=1S/C18H21ClN2O/c1-13-11-14(2)18(16(19)12-13)20-10-9-17(22)21(3)15-7-5-4-6-8-15/h4-8,11-12,20H,9-10H2,1-3H3. The van der Waals surface area contributed by atoms with Gasteiger partial charge in [0.1, 0.15) is 0 Å². The van der Waals surface area contributed by atoms with Gasteiger partial charge in [-0.2, -0.15) is 0 Å². The van der Waals surface area contributed by atoms with Gasteiger partial charge < -0.3 is 10.2 Å². The third-order valence-electron chi connectivity index (χ3n) is 3.59. The Balaban J connectivity index is 1.93. The molecule has 1 N–H and O–H groups in total. The number of carbonyl (C=O) groups excluding carboxylic acids is 1. The fraction of sp³-hybridized carbons (Fsp3) is 0.278. The molecule has 0 atom stereocenters. The smallest absolute Gasteiger partial charge is 0.228 e. The van der Waals surface area contributed by atoms with E-state index in [0.717, 1.165) is 22.5 Å². The predicted molar refractivity (Wildman–Crippen MR) is 93.9 cm³/mol. The molecule has 0 aliphatic carbocycles. The second-order valence-electron chi connectivity index (χ2n) is 5.40. The van der Waals surface area contributed by atoms with Gasteiger partial charge in [0, 0.05) is 25.7 Å². The Morgan fingerprint density at radius 3 is 2.50 bits per heavy atom. The Hall–Kier alpha value is -2.00. The number of para-hydroxylation sites is 1. The van der Waals surface area contributed by atoms with E-state index < -0.39 is 0 Å². The molecule has 3 nitrogen and oxygen atoms in total. The number of benzene rings is 2. The number of hydrogen-bond donors (Lipinski definition) is 1. The molecule has 0 aliphatic heterocycles. The molecule has 0 aromatic heterocycles. The topological polar surface area (TPSA) is 32.3 Å². The van der Waals surface area contributed by atoms with Gasteiger partial charge in [0.2, 0.25) is 5.91 Å². The van der Waals surface area contributed by atoms with E-state index in [0.29, 0.717) is 18.0 Å². The Bertz CT molecular complexity index is 632. The highest BCUT2D eigenvalue weighted by molar-refractivity contribution is 6.33. The van der Waals surface area contributed by atoms with Crippen molar-refractivity contribution >= 4 is 28.9 Å². The third kappa shape index (κ3) is 4.01. The quantitative estimate of drug-likeness (QED) is 0.885. The van der Waals surface area contributed by atoms with Crippen molar-refractivity contribution in [1.82, 2.24) is 0 Å². The number of carbonyl (C=O) groups is 1. The van der Waals surface area contributed by atoms with Crippen molar-refractivity contribution in [1.29, 1.82) is 0 Å². The van der Waals surface area contributed by atoms with Crippen LogP contribution < -0.4 is 10.2 Å². The summed E-state index contributed by atoms with van der Waals surface area (Å²) in [7, 11) is 1.79. The maximum Gasteiger partial charge on any atom is 0.228 e. The molecule has 2 aromatic rings.